The van der Waals surface area contributed by atoms with Gasteiger partial charge in [0.25, 0.3) is 0 Å². The number of likely N-dealkylation sites (tertiary alicyclic amines) is 1. The Hall–Kier alpha value is -1.55. The van der Waals surface area contributed by atoms with Crippen LogP contribution in [0.1, 0.15) is 63.5 Å². The molecule has 0 spiro atoms. The summed E-state index contributed by atoms with van der Waals surface area (Å²) in [5.74, 6) is -0.544. The van der Waals surface area contributed by atoms with Crippen LogP contribution in [0.3, 0.4) is 0 Å². The summed E-state index contributed by atoms with van der Waals surface area (Å²) in [4.78, 5) is 26.3. The molecule has 1 N–H and O–H groups in total. The van der Waals surface area contributed by atoms with Gasteiger partial charge in [-0.2, -0.15) is 0 Å². The fourth-order valence-electron chi connectivity index (χ4n) is 4.05. The van der Waals surface area contributed by atoms with Crippen LogP contribution in [-0.4, -0.2) is 27.9 Å². The Morgan fingerprint density at radius 2 is 1.92 bits per heavy atom. The Morgan fingerprint density at radius 1 is 1.24 bits per heavy atom. The molecule has 3 atom stereocenters. The normalized spacial score (nSPS) is 25.0. The van der Waals surface area contributed by atoms with Gasteiger partial charge in [0, 0.05) is 17.0 Å². The van der Waals surface area contributed by atoms with E-state index < -0.39 is 11.9 Å². The highest BCUT2D eigenvalue weighted by atomic mass is 35.5. The molecule has 0 radical (unpaired) electrons. The second-order valence-corrected chi connectivity index (χ2v) is 7.86. The molecular weight excluding hydrogens is 338 g/mol. The van der Waals surface area contributed by atoms with Crippen molar-refractivity contribution in [3.05, 3.63) is 34.9 Å². The van der Waals surface area contributed by atoms with Crippen LogP contribution >= 0.6 is 11.6 Å². The van der Waals surface area contributed by atoms with Crippen molar-refractivity contribution in [1.82, 2.24) is 4.90 Å². The Balaban J connectivity index is 1.87. The third-order valence-electron chi connectivity index (χ3n) is 5.57. The molecule has 4 nitrogen and oxygen atoms in total. The topological polar surface area (TPSA) is 57.6 Å². The van der Waals surface area contributed by atoms with Crippen LogP contribution < -0.4 is 0 Å². The summed E-state index contributed by atoms with van der Waals surface area (Å²) < 4.78 is 0. The van der Waals surface area contributed by atoms with E-state index in [1.54, 1.807) is 0 Å². The molecule has 1 aliphatic heterocycles. The quantitative estimate of drug-likeness (QED) is 0.765. The zero-order valence-corrected chi connectivity index (χ0v) is 15.4. The van der Waals surface area contributed by atoms with E-state index in [0.29, 0.717) is 11.4 Å². The van der Waals surface area contributed by atoms with E-state index in [4.69, 9.17) is 16.7 Å². The van der Waals surface area contributed by atoms with Gasteiger partial charge in [-0.3, -0.25) is 9.59 Å². The van der Waals surface area contributed by atoms with Crippen molar-refractivity contribution in [3.8, 4) is 0 Å². The predicted molar refractivity (Wildman–Crippen MR) is 97.4 cm³/mol. The van der Waals surface area contributed by atoms with Crippen molar-refractivity contribution in [1.29, 1.82) is 0 Å². The van der Waals surface area contributed by atoms with Gasteiger partial charge in [0.1, 0.15) is 0 Å². The number of hydrogen-bond donors (Lipinski definition) is 1. The highest BCUT2D eigenvalue weighted by Gasteiger charge is 2.41. The van der Waals surface area contributed by atoms with Gasteiger partial charge in [0.2, 0.25) is 5.91 Å². The summed E-state index contributed by atoms with van der Waals surface area (Å²) in [7, 11) is 0. The molecule has 0 aromatic heterocycles. The van der Waals surface area contributed by atoms with Crippen molar-refractivity contribution in [2.75, 3.05) is 0 Å². The van der Waals surface area contributed by atoms with E-state index in [-0.39, 0.29) is 24.4 Å². The Morgan fingerprint density at radius 3 is 2.48 bits per heavy atom. The average molecular weight is 364 g/mol. The van der Waals surface area contributed by atoms with Gasteiger partial charge in [0.15, 0.2) is 0 Å². The van der Waals surface area contributed by atoms with Gasteiger partial charge in [-0.05, 0) is 49.3 Å². The van der Waals surface area contributed by atoms with Gasteiger partial charge in [0.05, 0.1) is 12.5 Å². The van der Waals surface area contributed by atoms with Crippen LogP contribution in [0.5, 0.6) is 0 Å². The number of carbonyl (C=O) groups excluding carboxylic acids is 1. The van der Waals surface area contributed by atoms with Crippen LogP contribution in [0.4, 0.5) is 0 Å². The molecule has 0 bridgehead atoms. The number of hydrogen-bond acceptors (Lipinski definition) is 2. The maximum atomic E-state index is 13.2. The lowest BCUT2D eigenvalue weighted by Crippen LogP contribution is -2.49. The average Bonchev–Trinajstić information content (AvgIpc) is 3.39. The van der Waals surface area contributed by atoms with Crippen molar-refractivity contribution in [2.45, 2.75) is 64.0 Å². The first-order chi connectivity index (χ1) is 12.0. The van der Waals surface area contributed by atoms with Crippen LogP contribution in [-0.2, 0) is 9.59 Å². The summed E-state index contributed by atoms with van der Waals surface area (Å²) in [5, 5.41) is 9.84. The number of amides is 1. The summed E-state index contributed by atoms with van der Waals surface area (Å²) in [5.41, 5.74) is 1.10. The molecule has 1 saturated carbocycles. The van der Waals surface area contributed by atoms with Crippen molar-refractivity contribution >= 4 is 23.5 Å². The minimum atomic E-state index is -0.890. The molecule has 2 fully saturated rings. The summed E-state index contributed by atoms with van der Waals surface area (Å²) in [6, 6.07) is 7.94. The lowest BCUT2D eigenvalue weighted by molar-refractivity contribution is -0.151. The molecule has 136 valence electrons. The van der Waals surface area contributed by atoms with E-state index in [0.717, 1.165) is 30.7 Å². The van der Waals surface area contributed by atoms with E-state index in [1.165, 1.54) is 12.8 Å². The number of nitrogens with zero attached hydrogens (tertiary/aromatic N) is 1. The number of aliphatic carboxylic acids is 1. The number of carbonyl (C=O) groups is 2. The van der Waals surface area contributed by atoms with Gasteiger partial charge in [-0.1, -0.05) is 43.5 Å². The minimum Gasteiger partial charge on any atom is -0.481 e. The largest absolute Gasteiger partial charge is 0.481 e. The molecular formula is C20H26ClNO3. The first-order valence-corrected chi connectivity index (χ1v) is 9.66. The predicted octanol–water partition coefficient (Wildman–Crippen LogP) is 4.67. The lowest BCUT2D eigenvalue weighted by atomic mass is 9.84. The third-order valence-corrected chi connectivity index (χ3v) is 5.82. The zero-order valence-electron chi connectivity index (χ0n) is 14.7. The van der Waals surface area contributed by atoms with E-state index in [9.17, 15) is 9.59 Å². The molecule has 1 saturated heterocycles. The number of halogens is 1. The zero-order chi connectivity index (χ0) is 18.0. The smallest absolute Gasteiger partial charge is 0.304 e. The monoisotopic (exact) mass is 363 g/mol. The number of carboxylic acids is 1. The number of piperidine rings is 1. The molecule has 3 unspecified atom stereocenters. The third kappa shape index (κ3) is 4.35. The molecule has 5 heteroatoms. The standard InChI is InChI=1S/C20H26ClNO3/c1-2-17(11-13-3-4-13)22-18(14-5-8-16(21)9-6-14)10-7-15(20(22)25)12-19(23)24/h5-6,8-9,13,15,17-18H,2-4,7,10-12H2,1H3,(H,23,24). The number of benzene rings is 1. The number of carboxylic acid groups (broad SMARTS) is 1. The molecule has 3 rings (SSSR count). The molecule has 25 heavy (non-hydrogen) atoms. The summed E-state index contributed by atoms with van der Waals surface area (Å²) in [6.07, 6.45) is 5.83. The maximum Gasteiger partial charge on any atom is 0.304 e. The SMILES string of the molecule is CCC(CC1CC1)N1C(=O)C(CC(=O)O)CCC1c1ccc(Cl)cc1. The Kier molecular flexibility index (Phi) is 5.67. The van der Waals surface area contributed by atoms with E-state index in [2.05, 4.69) is 6.92 Å². The van der Waals surface area contributed by atoms with Gasteiger partial charge >= 0.3 is 5.97 Å². The minimum absolute atomic E-state index is 0.0149. The molecule has 1 amide bonds. The second-order valence-electron chi connectivity index (χ2n) is 7.43. The first kappa shape index (κ1) is 18.2. The highest BCUT2D eigenvalue weighted by Crippen LogP contribution is 2.42. The summed E-state index contributed by atoms with van der Waals surface area (Å²) in [6.45, 7) is 2.13. The fourth-order valence-corrected chi connectivity index (χ4v) is 4.17. The molecule has 1 heterocycles. The van der Waals surface area contributed by atoms with Gasteiger partial charge in [-0.25, -0.2) is 0 Å². The summed E-state index contributed by atoms with van der Waals surface area (Å²) >= 11 is 6.02. The van der Waals surface area contributed by atoms with Crippen LogP contribution in [0.25, 0.3) is 0 Å². The Labute approximate surface area is 154 Å². The molecule has 1 aromatic rings. The van der Waals surface area contributed by atoms with Crippen molar-refractivity contribution < 1.29 is 14.7 Å². The van der Waals surface area contributed by atoms with Crippen molar-refractivity contribution in [2.24, 2.45) is 11.8 Å². The number of rotatable bonds is 7. The van der Waals surface area contributed by atoms with Gasteiger partial charge in [-0.15, -0.1) is 0 Å². The first-order valence-electron chi connectivity index (χ1n) is 9.29. The van der Waals surface area contributed by atoms with Gasteiger partial charge < -0.3 is 10.0 Å². The molecule has 1 aromatic carbocycles. The van der Waals surface area contributed by atoms with E-state index in [1.807, 2.05) is 29.2 Å². The maximum absolute atomic E-state index is 13.2. The van der Waals surface area contributed by atoms with Crippen LogP contribution in [0.15, 0.2) is 24.3 Å². The molecule has 1 aliphatic carbocycles. The fraction of sp³-hybridized carbons (Fsp3) is 0.600. The lowest BCUT2D eigenvalue weighted by Gasteiger charge is -2.44. The van der Waals surface area contributed by atoms with Crippen LogP contribution in [0, 0.1) is 11.8 Å². The van der Waals surface area contributed by atoms with Crippen LogP contribution in [0.2, 0.25) is 5.02 Å². The Bertz CT molecular complexity index is 626. The molecule has 2 aliphatic rings. The van der Waals surface area contributed by atoms with E-state index >= 15 is 0 Å². The van der Waals surface area contributed by atoms with Crippen molar-refractivity contribution in [3.63, 3.8) is 0 Å². The highest BCUT2D eigenvalue weighted by molar-refractivity contribution is 6.30. The second kappa shape index (κ2) is 7.77.